The second-order valence-corrected chi connectivity index (χ2v) is 10.2. The molecule has 1 heterocycles. The third kappa shape index (κ3) is 11.1. The highest BCUT2D eigenvalue weighted by Gasteiger charge is 2.31. The Labute approximate surface area is 221 Å². The van der Waals surface area contributed by atoms with E-state index in [1.54, 1.807) is 31.1 Å². The first-order valence-electron chi connectivity index (χ1n) is 13.2. The van der Waals surface area contributed by atoms with Crippen LogP contribution in [0, 0.1) is 5.41 Å². The van der Waals surface area contributed by atoms with Crippen molar-refractivity contribution in [3.63, 3.8) is 0 Å². The van der Waals surface area contributed by atoms with Gasteiger partial charge in [0.2, 0.25) is 0 Å². The molecule has 0 bridgehead atoms. The molecular weight excluding hydrogens is 479 g/mol. The molecule has 1 rings (SSSR count). The Kier molecular flexibility index (Phi) is 13.1. The SMILES string of the molecule is CC/C(=C/C=C(\C=C(C)C)C1OC=C(C(=O)N/C(=C/NC)CCC(C)(CC)CC)N1C)CCC(F)(F)F. The van der Waals surface area contributed by atoms with E-state index >= 15 is 0 Å². The van der Waals surface area contributed by atoms with Crippen LogP contribution in [0.1, 0.15) is 86.5 Å². The molecule has 0 aromatic carbocycles. The maximum absolute atomic E-state index is 13.2. The molecule has 1 aliphatic heterocycles. The van der Waals surface area contributed by atoms with Gasteiger partial charge in [0.1, 0.15) is 12.0 Å². The molecule has 5 nitrogen and oxygen atoms in total. The fraction of sp³-hybridized carbons (Fsp3) is 0.621. The van der Waals surface area contributed by atoms with Gasteiger partial charge in [-0.25, -0.2) is 0 Å². The summed E-state index contributed by atoms with van der Waals surface area (Å²) in [4.78, 5) is 14.9. The molecule has 0 aromatic rings. The summed E-state index contributed by atoms with van der Waals surface area (Å²) >= 11 is 0. The van der Waals surface area contributed by atoms with Crippen molar-refractivity contribution in [1.29, 1.82) is 0 Å². The van der Waals surface area contributed by atoms with Gasteiger partial charge in [0, 0.05) is 38.0 Å². The van der Waals surface area contributed by atoms with Crippen LogP contribution in [0.5, 0.6) is 0 Å². The molecule has 2 N–H and O–H groups in total. The molecule has 37 heavy (non-hydrogen) atoms. The Balaban J connectivity index is 3.04. The predicted octanol–water partition coefficient (Wildman–Crippen LogP) is 7.47. The molecular formula is C29H46F3N3O2. The van der Waals surface area contributed by atoms with E-state index in [0.29, 0.717) is 17.7 Å². The third-order valence-corrected chi connectivity index (χ3v) is 7.01. The molecule has 1 aliphatic rings. The van der Waals surface area contributed by atoms with Crippen LogP contribution in [0.2, 0.25) is 0 Å². The number of nitrogens with one attached hydrogen (secondary N) is 2. The van der Waals surface area contributed by atoms with Crippen molar-refractivity contribution in [3.8, 4) is 0 Å². The predicted molar refractivity (Wildman–Crippen MR) is 145 cm³/mol. The molecule has 0 spiro atoms. The molecule has 1 amide bonds. The number of likely N-dealkylation sites (N-methyl/N-ethyl adjacent to an activating group) is 1. The summed E-state index contributed by atoms with van der Waals surface area (Å²) in [6, 6.07) is 0. The Hall–Kier alpha value is -2.64. The van der Waals surface area contributed by atoms with Crippen LogP contribution in [0.3, 0.4) is 0 Å². The smallest absolute Gasteiger partial charge is 0.389 e. The summed E-state index contributed by atoms with van der Waals surface area (Å²) in [6.07, 6.45) is 7.42. The van der Waals surface area contributed by atoms with Gasteiger partial charge in [0.25, 0.3) is 5.91 Å². The minimum atomic E-state index is -4.19. The van der Waals surface area contributed by atoms with Crippen LogP contribution in [-0.2, 0) is 9.53 Å². The van der Waals surface area contributed by atoms with E-state index in [1.807, 2.05) is 33.0 Å². The molecule has 8 heteroatoms. The van der Waals surface area contributed by atoms with E-state index in [1.165, 1.54) is 6.26 Å². The zero-order chi connectivity index (χ0) is 28.2. The van der Waals surface area contributed by atoms with E-state index in [9.17, 15) is 18.0 Å². The molecule has 0 aliphatic carbocycles. The van der Waals surface area contributed by atoms with Crippen molar-refractivity contribution in [2.24, 2.45) is 5.41 Å². The van der Waals surface area contributed by atoms with E-state index in [-0.39, 0.29) is 17.7 Å². The molecule has 0 fully saturated rings. The molecule has 0 saturated carbocycles. The highest BCUT2D eigenvalue weighted by Crippen LogP contribution is 2.32. The first-order valence-corrected chi connectivity index (χ1v) is 13.2. The lowest BCUT2D eigenvalue weighted by Gasteiger charge is -2.27. The van der Waals surface area contributed by atoms with Crippen LogP contribution in [-0.4, -0.2) is 37.3 Å². The monoisotopic (exact) mass is 525 g/mol. The minimum Gasteiger partial charge on any atom is -0.472 e. The summed E-state index contributed by atoms with van der Waals surface area (Å²) in [7, 11) is 3.57. The lowest BCUT2D eigenvalue weighted by Crippen LogP contribution is -2.36. The highest BCUT2D eigenvalue weighted by atomic mass is 19.4. The highest BCUT2D eigenvalue weighted by molar-refractivity contribution is 5.94. The molecule has 1 unspecified atom stereocenters. The zero-order valence-corrected chi connectivity index (χ0v) is 23.8. The van der Waals surface area contributed by atoms with Gasteiger partial charge in [-0.3, -0.25) is 4.79 Å². The quantitative estimate of drug-likeness (QED) is 0.231. The number of carbonyl (C=O) groups is 1. The third-order valence-electron chi connectivity index (χ3n) is 7.01. The van der Waals surface area contributed by atoms with Crippen molar-refractivity contribution >= 4 is 5.91 Å². The van der Waals surface area contributed by atoms with E-state index in [4.69, 9.17) is 4.74 Å². The summed E-state index contributed by atoms with van der Waals surface area (Å²) in [5, 5.41) is 6.03. The summed E-state index contributed by atoms with van der Waals surface area (Å²) in [5.74, 6) is -0.271. The molecule has 210 valence electrons. The number of amides is 1. The van der Waals surface area contributed by atoms with Crippen molar-refractivity contribution in [2.45, 2.75) is 98.9 Å². The number of alkyl halides is 3. The van der Waals surface area contributed by atoms with Gasteiger partial charge < -0.3 is 20.3 Å². The number of hydrogen-bond acceptors (Lipinski definition) is 4. The van der Waals surface area contributed by atoms with Gasteiger partial charge in [-0.15, -0.1) is 0 Å². The molecule has 0 radical (unpaired) electrons. The van der Waals surface area contributed by atoms with Gasteiger partial charge in [-0.1, -0.05) is 69.9 Å². The summed E-state index contributed by atoms with van der Waals surface area (Å²) in [6.45, 7) is 12.4. The van der Waals surface area contributed by atoms with Crippen LogP contribution in [0.25, 0.3) is 0 Å². The first-order chi connectivity index (χ1) is 17.3. The van der Waals surface area contributed by atoms with Crippen molar-refractivity contribution < 1.29 is 22.7 Å². The molecule has 0 aromatic heterocycles. The standard InChI is InChI=1S/C29H46F3N3O2/c1-9-22(14-17-29(30,31)32)12-13-23(18-21(4)5)27-35(8)25(20-37-27)26(36)34-24(19-33-7)15-16-28(6,10-2)11-3/h12-13,18-20,27,33H,9-11,14-17H2,1-8H3,(H,34,36)/b22-12-,23-13+,24-19+. The van der Waals surface area contributed by atoms with Crippen molar-refractivity contribution in [3.05, 3.63) is 58.8 Å². The Morgan fingerprint density at radius 1 is 1.11 bits per heavy atom. The first kappa shape index (κ1) is 32.4. The normalized spacial score (nSPS) is 17.4. The second kappa shape index (κ2) is 14.9. The van der Waals surface area contributed by atoms with E-state index in [0.717, 1.165) is 42.5 Å². The van der Waals surface area contributed by atoms with Crippen molar-refractivity contribution in [1.82, 2.24) is 15.5 Å². The maximum atomic E-state index is 13.2. The number of nitrogens with zero attached hydrogens (tertiary/aromatic N) is 1. The topological polar surface area (TPSA) is 53.6 Å². The van der Waals surface area contributed by atoms with Gasteiger partial charge in [-0.2, -0.15) is 13.2 Å². The van der Waals surface area contributed by atoms with Crippen LogP contribution < -0.4 is 10.6 Å². The van der Waals surface area contributed by atoms with Gasteiger partial charge >= 0.3 is 6.18 Å². The lowest BCUT2D eigenvalue weighted by molar-refractivity contribution is -0.134. The zero-order valence-electron chi connectivity index (χ0n) is 23.8. The fourth-order valence-electron chi connectivity index (χ4n) is 3.97. The fourth-order valence-corrected chi connectivity index (χ4v) is 3.97. The number of hydrogen-bond donors (Lipinski definition) is 2. The number of carbonyl (C=O) groups excluding carboxylic acids is 1. The average Bonchev–Trinajstić information content (AvgIpc) is 3.22. The molecule has 0 saturated heterocycles. The maximum Gasteiger partial charge on any atom is 0.389 e. The number of halogens is 3. The summed E-state index contributed by atoms with van der Waals surface area (Å²) < 4.78 is 43.9. The summed E-state index contributed by atoms with van der Waals surface area (Å²) in [5.41, 5.74) is 3.87. The second-order valence-electron chi connectivity index (χ2n) is 10.2. The number of rotatable bonds is 14. The van der Waals surface area contributed by atoms with Crippen molar-refractivity contribution in [2.75, 3.05) is 14.1 Å². The Morgan fingerprint density at radius 2 is 1.76 bits per heavy atom. The average molecular weight is 526 g/mol. The van der Waals surface area contributed by atoms with Crippen LogP contribution in [0.15, 0.2) is 58.8 Å². The van der Waals surface area contributed by atoms with Crippen LogP contribution >= 0.6 is 0 Å². The number of ether oxygens (including phenoxy) is 1. The minimum absolute atomic E-state index is 0.0401. The molecule has 1 atom stereocenters. The van der Waals surface area contributed by atoms with E-state index in [2.05, 4.69) is 31.4 Å². The largest absolute Gasteiger partial charge is 0.472 e. The lowest BCUT2D eigenvalue weighted by atomic mass is 9.80. The van der Waals surface area contributed by atoms with E-state index < -0.39 is 18.8 Å². The van der Waals surface area contributed by atoms with Gasteiger partial charge in [0.15, 0.2) is 6.23 Å². The van der Waals surface area contributed by atoms with Gasteiger partial charge in [-0.05, 0) is 44.9 Å². The van der Waals surface area contributed by atoms with Crippen LogP contribution in [0.4, 0.5) is 13.2 Å². The number of allylic oxidation sites excluding steroid dienone is 5. The Bertz CT molecular complexity index is 906. The van der Waals surface area contributed by atoms with Gasteiger partial charge in [0.05, 0.1) is 0 Å². The Morgan fingerprint density at radius 3 is 2.27 bits per heavy atom.